The number of nitrogens with zero attached hydrogens (tertiary/aromatic N) is 1. The number of carboxylic acids is 3. The number of hydrogen-bond donors (Lipinski definition) is 9. The van der Waals surface area contributed by atoms with E-state index in [0.717, 1.165) is 125 Å². The SMILES string of the molecule is O=C(O)C(Cc1ccc2[nH]cc(CN(Cc3c[nH]c4ccc(CC(C(=O)O)C5CCNC5)cc34)Cc3c[nH]c4ccc(CC(C(=O)O)C5CCNC5)cc34)c2c1)C1CCNC1. The van der Waals surface area contributed by atoms with Gasteiger partial charge in [-0.05, 0) is 165 Å². The Labute approximate surface area is 354 Å². The minimum Gasteiger partial charge on any atom is -0.481 e. The molecule has 6 unspecified atom stereocenters. The molecule has 3 aliphatic rings. The lowest BCUT2D eigenvalue weighted by atomic mass is 9.86. The van der Waals surface area contributed by atoms with Gasteiger partial charge in [-0.3, -0.25) is 19.3 Å². The number of rotatable bonds is 18. The summed E-state index contributed by atoms with van der Waals surface area (Å²) in [6.07, 6.45) is 10.2. The van der Waals surface area contributed by atoms with Gasteiger partial charge in [0, 0.05) is 70.9 Å². The van der Waals surface area contributed by atoms with Crippen molar-refractivity contribution in [1.82, 2.24) is 35.8 Å². The van der Waals surface area contributed by atoms with E-state index in [9.17, 15) is 29.7 Å². The van der Waals surface area contributed by atoms with Gasteiger partial charge in [0.2, 0.25) is 0 Å². The van der Waals surface area contributed by atoms with Crippen molar-refractivity contribution in [3.8, 4) is 0 Å². The molecule has 6 aromatic rings. The Morgan fingerprint density at radius 3 is 1.08 bits per heavy atom. The first-order valence-corrected chi connectivity index (χ1v) is 22.0. The highest BCUT2D eigenvalue weighted by atomic mass is 16.4. The summed E-state index contributed by atoms with van der Waals surface area (Å²) in [6, 6.07) is 18.8. The minimum absolute atomic E-state index is 0.104. The van der Waals surface area contributed by atoms with Crippen molar-refractivity contribution < 1.29 is 29.7 Å². The summed E-state index contributed by atoms with van der Waals surface area (Å²) in [5.74, 6) is -3.29. The lowest BCUT2D eigenvalue weighted by Gasteiger charge is -2.23. The number of fused-ring (bicyclic) bond motifs is 3. The molecule has 6 heterocycles. The van der Waals surface area contributed by atoms with Crippen molar-refractivity contribution in [2.45, 2.75) is 58.2 Å². The predicted molar refractivity (Wildman–Crippen MR) is 235 cm³/mol. The zero-order chi connectivity index (χ0) is 42.0. The van der Waals surface area contributed by atoms with Crippen LogP contribution in [0, 0.1) is 35.5 Å². The van der Waals surface area contributed by atoms with Crippen molar-refractivity contribution in [2.75, 3.05) is 39.3 Å². The van der Waals surface area contributed by atoms with E-state index in [2.05, 4.69) is 90.8 Å². The molecular weight excluding hydrogens is 771 g/mol. The van der Waals surface area contributed by atoms with Crippen molar-refractivity contribution in [2.24, 2.45) is 35.5 Å². The van der Waals surface area contributed by atoms with Crippen LogP contribution < -0.4 is 16.0 Å². The fourth-order valence-electron chi connectivity index (χ4n) is 10.5. The van der Waals surface area contributed by atoms with Crippen LogP contribution in [0.2, 0.25) is 0 Å². The quantitative estimate of drug-likeness (QED) is 0.0504. The molecule has 3 fully saturated rings. The van der Waals surface area contributed by atoms with Crippen LogP contribution in [-0.4, -0.2) is 92.3 Å². The number of carbonyl (C=O) groups is 3. The van der Waals surface area contributed by atoms with Gasteiger partial charge in [-0.1, -0.05) is 18.2 Å². The molecule has 0 spiro atoms. The maximum Gasteiger partial charge on any atom is 0.307 e. The lowest BCUT2D eigenvalue weighted by molar-refractivity contribution is -0.144. The Morgan fingerprint density at radius 2 is 0.820 bits per heavy atom. The van der Waals surface area contributed by atoms with Gasteiger partial charge in [-0.15, -0.1) is 0 Å². The van der Waals surface area contributed by atoms with Crippen molar-refractivity contribution in [3.05, 3.63) is 107 Å². The molecule has 9 rings (SSSR count). The van der Waals surface area contributed by atoms with E-state index in [4.69, 9.17) is 0 Å². The molecule has 0 saturated carbocycles. The van der Waals surface area contributed by atoms with E-state index in [1.54, 1.807) is 0 Å². The molecule has 9 N–H and O–H groups in total. The van der Waals surface area contributed by atoms with Crippen LogP contribution in [0.25, 0.3) is 32.7 Å². The van der Waals surface area contributed by atoms with Crippen LogP contribution in [0.1, 0.15) is 52.6 Å². The van der Waals surface area contributed by atoms with E-state index in [1.807, 2.05) is 18.2 Å². The van der Waals surface area contributed by atoms with E-state index < -0.39 is 35.7 Å². The third kappa shape index (κ3) is 8.97. The van der Waals surface area contributed by atoms with Crippen LogP contribution in [0.3, 0.4) is 0 Å². The Bertz CT molecular complexity index is 2250. The molecule has 13 heteroatoms. The van der Waals surface area contributed by atoms with E-state index in [1.165, 1.54) is 0 Å². The van der Waals surface area contributed by atoms with Crippen LogP contribution in [0.4, 0.5) is 0 Å². The largest absolute Gasteiger partial charge is 0.481 e. The second-order valence-corrected chi connectivity index (χ2v) is 17.9. The average Bonchev–Trinajstić information content (AvgIpc) is 4.12. The van der Waals surface area contributed by atoms with Crippen molar-refractivity contribution >= 4 is 50.6 Å². The van der Waals surface area contributed by atoms with Gasteiger partial charge >= 0.3 is 17.9 Å². The van der Waals surface area contributed by atoms with E-state index >= 15 is 0 Å². The fourth-order valence-corrected chi connectivity index (χ4v) is 10.5. The van der Waals surface area contributed by atoms with Gasteiger partial charge in [0.05, 0.1) is 17.8 Å². The summed E-state index contributed by atoms with van der Waals surface area (Å²) in [7, 11) is 0. The molecule has 3 aromatic carbocycles. The molecular formula is C48H57N7O6. The molecule has 3 aliphatic heterocycles. The number of aliphatic carboxylic acids is 3. The molecule has 3 aromatic heterocycles. The van der Waals surface area contributed by atoms with Crippen LogP contribution in [-0.2, 0) is 53.3 Å². The van der Waals surface area contributed by atoms with Gasteiger partial charge in [-0.2, -0.15) is 0 Å². The summed E-state index contributed by atoms with van der Waals surface area (Å²) in [6.45, 7) is 6.53. The van der Waals surface area contributed by atoms with Crippen LogP contribution in [0.5, 0.6) is 0 Å². The molecule has 6 atom stereocenters. The van der Waals surface area contributed by atoms with Crippen molar-refractivity contribution in [1.29, 1.82) is 0 Å². The topological polar surface area (TPSA) is 199 Å². The summed E-state index contributed by atoms with van der Waals surface area (Å²) in [5, 5.41) is 43.8. The first kappa shape index (κ1) is 40.9. The molecule has 13 nitrogen and oxygen atoms in total. The highest BCUT2D eigenvalue weighted by Crippen LogP contribution is 2.32. The molecule has 0 aliphatic carbocycles. The highest BCUT2D eigenvalue weighted by Gasteiger charge is 2.33. The van der Waals surface area contributed by atoms with Gasteiger partial charge in [0.1, 0.15) is 0 Å². The first-order chi connectivity index (χ1) is 29.7. The van der Waals surface area contributed by atoms with Gasteiger partial charge in [0.15, 0.2) is 0 Å². The molecule has 320 valence electrons. The zero-order valence-corrected chi connectivity index (χ0v) is 34.5. The van der Waals surface area contributed by atoms with Gasteiger partial charge in [-0.25, -0.2) is 0 Å². The second-order valence-electron chi connectivity index (χ2n) is 17.9. The second kappa shape index (κ2) is 17.9. The van der Waals surface area contributed by atoms with E-state index in [-0.39, 0.29) is 17.8 Å². The number of aromatic nitrogens is 3. The summed E-state index contributed by atoms with van der Waals surface area (Å²) in [5.41, 5.74) is 9.34. The van der Waals surface area contributed by atoms with Gasteiger partial charge in [0.25, 0.3) is 0 Å². The molecule has 0 amide bonds. The maximum atomic E-state index is 12.4. The summed E-state index contributed by atoms with van der Waals surface area (Å²) < 4.78 is 0. The van der Waals surface area contributed by atoms with E-state index in [0.29, 0.717) is 38.9 Å². The molecule has 0 radical (unpaired) electrons. The van der Waals surface area contributed by atoms with Crippen LogP contribution >= 0.6 is 0 Å². The number of carboxylic acid groups (broad SMARTS) is 3. The molecule has 61 heavy (non-hydrogen) atoms. The molecule has 3 saturated heterocycles. The smallest absolute Gasteiger partial charge is 0.307 e. The number of nitrogens with one attached hydrogen (secondary N) is 6. The standard InChI is InChI=1S/C48H57N7O6/c56-46(57)40(31-7-10-49-19-31)16-28-1-4-43-37(13-28)34(22-52-43)25-55(26-35-23-53-44-5-2-29(14-38(35)44)17-41(47(58)59)32-8-11-50-20-32)27-36-24-54-45-6-3-30(15-39(36)45)18-42(48(60)61)33-9-12-51-21-33/h1-6,13-15,22-24,31-33,40-42,49-54H,7-12,16-21,25-27H2,(H,56,57)(H,58,59)(H,60,61). The zero-order valence-electron chi connectivity index (χ0n) is 34.5. The highest BCUT2D eigenvalue weighted by molar-refractivity contribution is 5.86. The minimum atomic E-state index is -0.749. The number of aromatic amines is 3. The Balaban J connectivity index is 1.03. The predicted octanol–water partition coefficient (Wildman–Crippen LogP) is 5.89. The number of hydrogen-bond acceptors (Lipinski definition) is 7. The lowest BCUT2D eigenvalue weighted by Crippen LogP contribution is -2.27. The Hall–Kier alpha value is -5.47. The van der Waals surface area contributed by atoms with Crippen LogP contribution in [0.15, 0.2) is 73.2 Å². The van der Waals surface area contributed by atoms with Crippen molar-refractivity contribution in [3.63, 3.8) is 0 Å². The summed E-state index contributed by atoms with van der Waals surface area (Å²) in [4.78, 5) is 50.1. The fraction of sp³-hybridized carbons (Fsp3) is 0.438. The third-order valence-electron chi connectivity index (χ3n) is 14.0. The first-order valence-electron chi connectivity index (χ1n) is 22.0. The normalized spacial score (nSPS) is 20.9. The number of benzene rings is 3. The monoisotopic (exact) mass is 827 g/mol. The van der Waals surface area contributed by atoms with Gasteiger partial charge < -0.3 is 46.2 Å². The Kier molecular flexibility index (Phi) is 12.0. The third-order valence-corrected chi connectivity index (χ3v) is 14.0. The number of H-pyrrole nitrogens is 3. The molecule has 0 bridgehead atoms. The maximum absolute atomic E-state index is 12.4. The Morgan fingerprint density at radius 1 is 0.508 bits per heavy atom. The summed E-state index contributed by atoms with van der Waals surface area (Å²) >= 11 is 0. The average molecular weight is 828 g/mol.